The first-order valence-electron chi connectivity index (χ1n) is 5.42. The summed E-state index contributed by atoms with van der Waals surface area (Å²) in [6, 6.07) is 2.59. The summed E-state index contributed by atoms with van der Waals surface area (Å²) in [6.07, 6.45) is 0. The van der Waals surface area contributed by atoms with E-state index in [9.17, 15) is 14.4 Å². The van der Waals surface area contributed by atoms with Crippen LogP contribution in [-0.4, -0.2) is 23.9 Å². The number of nitrogens with two attached hydrogens (primary N) is 1. The topological polar surface area (TPSA) is 113 Å². The smallest absolute Gasteiger partial charge is 0.312 e. The van der Waals surface area contributed by atoms with Gasteiger partial charge in [-0.25, -0.2) is 4.79 Å². The molecule has 0 heterocycles. The molecular weight excluding hydrogens is 307 g/mol. The predicted molar refractivity (Wildman–Crippen MR) is 74.3 cm³/mol. The maximum absolute atomic E-state index is 11.8. The molecule has 1 atom stereocenters. The van der Waals surface area contributed by atoms with Crippen LogP contribution in [0.25, 0.3) is 0 Å². The molecule has 7 nitrogen and oxygen atoms in total. The minimum absolute atomic E-state index is 0.106. The molecule has 0 radical (unpaired) electrons. The Bertz CT molecular complexity index is 550. The maximum atomic E-state index is 11.8. The predicted octanol–water partition coefficient (Wildman–Crippen LogP) is 0.811. The van der Waals surface area contributed by atoms with E-state index < -0.39 is 23.9 Å². The van der Waals surface area contributed by atoms with E-state index in [1.165, 1.54) is 25.1 Å². The van der Waals surface area contributed by atoms with Crippen molar-refractivity contribution in [1.82, 2.24) is 16.2 Å². The van der Waals surface area contributed by atoms with Crippen LogP contribution in [-0.2, 0) is 4.79 Å². The minimum atomic E-state index is -0.900. The zero-order chi connectivity index (χ0) is 15.3. The van der Waals surface area contributed by atoms with Crippen LogP contribution in [0.1, 0.15) is 17.3 Å². The number of hydrogen-bond acceptors (Lipinski definition) is 3. The number of rotatable bonds is 3. The number of hydrazine groups is 1. The van der Waals surface area contributed by atoms with Crippen LogP contribution < -0.4 is 21.9 Å². The number of hydrogen-bond donors (Lipinski definition) is 4. The Morgan fingerprint density at radius 3 is 2.45 bits per heavy atom. The van der Waals surface area contributed by atoms with Crippen LogP contribution in [0.5, 0.6) is 0 Å². The molecule has 0 aliphatic heterocycles. The Kier molecular flexibility index (Phi) is 5.60. The van der Waals surface area contributed by atoms with E-state index in [0.29, 0.717) is 5.02 Å². The summed E-state index contributed by atoms with van der Waals surface area (Å²) in [4.78, 5) is 33.9. The lowest BCUT2D eigenvalue weighted by Gasteiger charge is -2.13. The van der Waals surface area contributed by atoms with Gasteiger partial charge in [-0.05, 0) is 25.1 Å². The van der Waals surface area contributed by atoms with E-state index in [1.807, 2.05) is 0 Å². The highest BCUT2D eigenvalue weighted by Crippen LogP contribution is 2.20. The SMILES string of the molecule is CC(NC(N)=O)C(=O)NNC(=O)c1cc(Cl)ccc1Cl. The van der Waals surface area contributed by atoms with Crippen molar-refractivity contribution in [3.63, 3.8) is 0 Å². The standard InChI is InChI=1S/C11H12Cl2N4O3/c1-5(15-11(14)20)9(18)16-17-10(19)7-4-6(12)2-3-8(7)13/h2-5H,1H3,(H,16,18)(H,17,19)(H3,14,15,20). The number of benzene rings is 1. The number of primary amides is 1. The molecule has 0 bridgehead atoms. The van der Waals surface area contributed by atoms with Crippen LogP contribution in [0.15, 0.2) is 18.2 Å². The Labute approximate surface area is 124 Å². The number of amides is 4. The largest absolute Gasteiger partial charge is 0.352 e. The monoisotopic (exact) mass is 318 g/mol. The summed E-state index contributed by atoms with van der Waals surface area (Å²) in [5, 5.41) is 2.67. The Hall–Kier alpha value is -1.99. The second-order valence-electron chi connectivity index (χ2n) is 3.80. The van der Waals surface area contributed by atoms with Crippen molar-refractivity contribution < 1.29 is 14.4 Å². The molecule has 4 amide bonds. The fourth-order valence-electron chi connectivity index (χ4n) is 1.24. The average Bonchev–Trinajstić information content (AvgIpc) is 2.37. The summed E-state index contributed by atoms with van der Waals surface area (Å²) in [6.45, 7) is 1.40. The van der Waals surface area contributed by atoms with Crippen LogP contribution in [0.3, 0.4) is 0 Å². The molecule has 108 valence electrons. The van der Waals surface area contributed by atoms with Gasteiger partial charge in [0.15, 0.2) is 0 Å². The average molecular weight is 319 g/mol. The summed E-state index contributed by atoms with van der Waals surface area (Å²) in [5.41, 5.74) is 9.24. The zero-order valence-electron chi connectivity index (χ0n) is 10.4. The lowest BCUT2D eigenvalue weighted by atomic mass is 10.2. The molecule has 9 heteroatoms. The van der Waals surface area contributed by atoms with Crippen molar-refractivity contribution in [3.05, 3.63) is 33.8 Å². The number of carbonyl (C=O) groups is 3. The molecule has 0 aromatic heterocycles. The summed E-state index contributed by atoms with van der Waals surface area (Å²) in [7, 11) is 0. The number of nitrogens with one attached hydrogen (secondary N) is 3. The summed E-state index contributed by atoms with van der Waals surface area (Å²) >= 11 is 11.6. The first-order valence-corrected chi connectivity index (χ1v) is 6.18. The molecule has 0 aliphatic carbocycles. The minimum Gasteiger partial charge on any atom is -0.352 e. The van der Waals surface area contributed by atoms with Crippen molar-refractivity contribution >= 4 is 41.0 Å². The van der Waals surface area contributed by atoms with Gasteiger partial charge in [-0.3, -0.25) is 20.4 Å². The van der Waals surface area contributed by atoms with Crippen molar-refractivity contribution in [2.45, 2.75) is 13.0 Å². The molecule has 0 spiro atoms. The van der Waals surface area contributed by atoms with Crippen LogP contribution >= 0.6 is 23.2 Å². The quantitative estimate of drug-likeness (QED) is 0.618. The van der Waals surface area contributed by atoms with Gasteiger partial charge in [-0.2, -0.15) is 0 Å². The van der Waals surface area contributed by atoms with Crippen molar-refractivity contribution in [2.24, 2.45) is 5.73 Å². The third-order valence-corrected chi connectivity index (χ3v) is 2.79. The van der Waals surface area contributed by atoms with Crippen LogP contribution in [0, 0.1) is 0 Å². The van der Waals surface area contributed by atoms with Gasteiger partial charge < -0.3 is 11.1 Å². The molecule has 0 aliphatic rings. The van der Waals surface area contributed by atoms with Crippen molar-refractivity contribution in [3.8, 4) is 0 Å². The van der Waals surface area contributed by atoms with E-state index in [2.05, 4.69) is 16.2 Å². The summed E-state index contributed by atoms with van der Waals surface area (Å²) in [5.74, 6) is -1.28. The molecule has 1 unspecified atom stereocenters. The van der Waals surface area contributed by atoms with E-state index in [0.717, 1.165) is 0 Å². The van der Waals surface area contributed by atoms with Gasteiger partial charge in [0.2, 0.25) is 0 Å². The molecule has 0 fully saturated rings. The van der Waals surface area contributed by atoms with E-state index >= 15 is 0 Å². The van der Waals surface area contributed by atoms with Crippen molar-refractivity contribution in [2.75, 3.05) is 0 Å². The summed E-state index contributed by atoms with van der Waals surface area (Å²) < 4.78 is 0. The molecule has 1 aromatic rings. The number of halogens is 2. The van der Waals surface area contributed by atoms with Gasteiger partial charge in [0, 0.05) is 5.02 Å². The maximum Gasteiger partial charge on any atom is 0.312 e. The second-order valence-corrected chi connectivity index (χ2v) is 4.64. The highest BCUT2D eigenvalue weighted by atomic mass is 35.5. The third-order valence-electron chi connectivity index (χ3n) is 2.22. The molecular formula is C11H12Cl2N4O3. The highest BCUT2D eigenvalue weighted by Gasteiger charge is 2.16. The van der Waals surface area contributed by atoms with E-state index in [4.69, 9.17) is 28.9 Å². The van der Waals surface area contributed by atoms with Gasteiger partial charge in [-0.1, -0.05) is 23.2 Å². The van der Waals surface area contributed by atoms with Gasteiger partial charge in [0.1, 0.15) is 6.04 Å². The third kappa shape index (κ3) is 4.60. The van der Waals surface area contributed by atoms with Gasteiger partial charge in [-0.15, -0.1) is 0 Å². The van der Waals surface area contributed by atoms with Gasteiger partial charge >= 0.3 is 6.03 Å². The highest BCUT2D eigenvalue weighted by molar-refractivity contribution is 6.35. The van der Waals surface area contributed by atoms with Gasteiger partial charge in [0.25, 0.3) is 11.8 Å². The van der Waals surface area contributed by atoms with E-state index in [-0.39, 0.29) is 10.6 Å². The normalized spacial score (nSPS) is 11.3. The van der Waals surface area contributed by atoms with Gasteiger partial charge in [0.05, 0.1) is 10.6 Å². The molecule has 1 rings (SSSR count). The first kappa shape index (κ1) is 16.1. The number of carbonyl (C=O) groups excluding carboxylic acids is 3. The second kappa shape index (κ2) is 6.97. The molecule has 0 saturated carbocycles. The Morgan fingerprint density at radius 2 is 1.85 bits per heavy atom. The fourth-order valence-corrected chi connectivity index (χ4v) is 1.62. The first-order chi connectivity index (χ1) is 9.31. The van der Waals surface area contributed by atoms with E-state index in [1.54, 1.807) is 0 Å². The Balaban J connectivity index is 2.61. The lowest BCUT2D eigenvalue weighted by molar-refractivity contribution is -0.123. The molecule has 0 saturated heterocycles. The molecule has 5 N–H and O–H groups in total. The van der Waals surface area contributed by atoms with Crippen molar-refractivity contribution in [1.29, 1.82) is 0 Å². The Morgan fingerprint density at radius 1 is 1.20 bits per heavy atom. The molecule has 20 heavy (non-hydrogen) atoms. The number of urea groups is 1. The molecule has 1 aromatic carbocycles. The van der Waals surface area contributed by atoms with Crippen LogP contribution in [0.2, 0.25) is 10.0 Å². The van der Waals surface area contributed by atoms with Crippen LogP contribution in [0.4, 0.5) is 4.79 Å². The fraction of sp³-hybridized carbons (Fsp3) is 0.182. The lowest BCUT2D eigenvalue weighted by Crippen LogP contribution is -2.52. The zero-order valence-corrected chi connectivity index (χ0v) is 11.9.